The number of rotatable bonds is 3. The number of hydrogen-bond donors (Lipinski definition) is 1. The summed E-state index contributed by atoms with van der Waals surface area (Å²) in [5, 5.41) is 0. The zero-order valence-corrected chi connectivity index (χ0v) is 12.3. The molecule has 0 aromatic heterocycles. The van der Waals surface area contributed by atoms with Crippen molar-refractivity contribution in [1.29, 1.82) is 0 Å². The molecule has 0 amide bonds. The third kappa shape index (κ3) is 4.32. The normalized spacial score (nSPS) is 10.8. The minimum absolute atomic E-state index is 0. The van der Waals surface area contributed by atoms with Gasteiger partial charge in [0.1, 0.15) is 12.4 Å². The Morgan fingerprint density at radius 2 is 1.94 bits per heavy atom. The molecule has 0 aliphatic carbocycles. The van der Waals surface area contributed by atoms with Gasteiger partial charge in [-0.15, -0.1) is 12.4 Å². The highest BCUT2D eigenvalue weighted by Crippen LogP contribution is 2.31. The summed E-state index contributed by atoms with van der Waals surface area (Å²) in [5.74, 6) is 0.855. The molecule has 0 aliphatic heterocycles. The number of ether oxygens (including phenoxy) is 1. The highest BCUT2D eigenvalue weighted by molar-refractivity contribution is 9.10. The lowest BCUT2D eigenvalue weighted by molar-refractivity contribution is 0.326. The summed E-state index contributed by atoms with van der Waals surface area (Å²) in [7, 11) is 0. The summed E-state index contributed by atoms with van der Waals surface area (Å²) in [6.07, 6.45) is 0. The Morgan fingerprint density at radius 3 is 2.38 bits per heavy atom. The Morgan fingerprint density at radius 1 is 1.31 bits per heavy atom. The van der Waals surface area contributed by atoms with Gasteiger partial charge in [-0.1, -0.05) is 26.8 Å². The molecule has 0 bridgehead atoms. The lowest BCUT2D eigenvalue weighted by Crippen LogP contribution is -2.13. The van der Waals surface area contributed by atoms with Crippen LogP contribution in [0.15, 0.2) is 22.7 Å². The van der Waals surface area contributed by atoms with E-state index in [0.29, 0.717) is 13.2 Å². The van der Waals surface area contributed by atoms with Gasteiger partial charge in [0.2, 0.25) is 0 Å². The van der Waals surface area contributed by atoms with Crippen LogP contribution in [0.25, 0.3) is 0 Å². The van der Waals surface area contributed by atoms with Crippen LogP contribution in [0.2, 0.25) is 0 Å². The summed E-state index contributed by atoms with van der Waals surface area (Å²) >= 11 is 3.50. The highest BCUT2D eigenvalue weighted by atomic mass is 79.9. The number of hydrogen-bond acceptors (Lipinski definition) is 2. The Hall–Kier alpha value is -0.250. The summed E-state index contributed by atoms with van der Waals surface area (Å²) < 4.78 is 6.47. The average Bonchev–Trinajstić information content (AvgIpc) is 2.14. The van der Waals surface area contributed by atoms with E-state index in [1.165, 1.54) is 5.56 Å². The van der Waals surface area contributed by atoms with Gasteiger partial charge in [-0.3, -0.25) is 0 Å². The largest absolute Gasteiger partial charge is 0.491 e. The number of nitrogens with two attached hydrogens (primary N) is 1. The van der Waals surface area contributed by atoms with Crippen LogP contribution in [0, 0.1) is 0 Å². The predicted molar refractivity (Wildman–Crippen MR) is 74.6 cm³/mol. The Balaban J connectivity index is 0.00000225. The van der Waals surface area contributed by atoms with Gasteiger partial charge in [-0.05, 0) is 39.0 Å². The average molecular weight is 309 g/mol. The van der Waals surface area contributed by atoms with Gasteiger partial charge in [0.15, 0.2) is 0 Å². The fraction of sp³-hybridized carbons (Fsp3) is 0.500. The Kier molecular flexibility index (Phi) is 6.38. The van der Waals surface area contributed by atoms with E-state index in [2.05, 4.69) is 48.8 Å². The van der Waals surface area contributed by atoms with Crippen LogP contribution in [0.4, 0.5) is 0 Å². The van der Waals surface area contributed by atoms with Crippen molar-refractivity contribution in [3.8, 4) is 5.75 Å². The first-order chi connectivity index (χ1) is 6.95. The summed E-state index contributed by atoms with van der Waals surface area (Å²) in [4.78, 5) is 0. The van der Waals surface area contributed by atoms with Crippen molar-refractivity contribution in [2.45, 2.75) is 26.2 Å². The van der Waals surface area contributed by atoms with E-state index in [4.69, 9.17) is 10.5 Å². The topological polar surface area (TPSA) is 35.2 Å². The maximum Gasteiger partial charge on any atom is 0.133 e. The Bertz CT molecular complexity index is 336. The quantitative estimate of drug-likeness (QED) is 0.927. The van der Waals surface area contributed by atoms with E-state index in [9.17, 15) is 0 Å². The zero-order chi connectivity index (χ0) is 11.5. The lowest BCUT2D eigenvalue weighted by atomic mass is 9.87. The standard InChI is InChI=1S/C12H18BrNO.ClH/c1-12(2,3)9-4-5-11(10(13)8-9)15-7-6-14;/h4-5,8H,6-7,14H2,1-3H3;1H. The molecule has 1 rings (SSSR count). The molecule has 4 heteroatoms. The van der Waals surface area contributed by atoms with Crippen molar-refractivity contribution in [2.75, 3.05) is 13.2 Å². The molecule has 2 nitrogen and oxygen atoms in total. The molecule has 0 atom stereocenters. The number of benzene rings is 1. The van der Waals surface area contributed by atoms with Gasteiger partial charge in [0.05, 0.1) is 4.47 Å². The molecule has 0 heterocycles. The Labute approximate surface area is 112 Å². The van der Waals surface area contributed by atoms with Crippen LogP contribution in [-0.2, 0) is 5.41 Å². The van der Waals surface area contributed by atoms with E-state index in [-0.39, 0.29) is 17.8 Å². The molecule has 0 saturated carbocycles. The zero-order valence-electron chi connectivity index (χ0n) is 9.92. The first-order valence-corrected chi connectivity index (χ1v) is 5.87. The fourth-order valence-corrected chi connectivity index (χ4v) is 1.75. The van der Waals surface area contributed by atoms with Crippen LogP contribution < -0.4 is 10.5 Å². The van der Waals surface area contributed by atoms with Gasteiger partial charge in [0.25, 0.3) is 0 Å². The summed E-state index contributed by atoms with van der Waals surface area (Å²) in [6, 6.07) is 6.18. The summed E-state index contributed by atoms with van der Waals surface area (Å²) in [5.41, 5.74) is 6.83. The van der Waals surface area contributed by atoms with Crippen LogP contribution in [0.5, 0.6) is 5.75 Å². The molecule has 0 radical (unpaired) electrons. The molecular formula is C12H19BrClNO. The molecule has 0 fully saturated rings. The van der Waals surface area contributed by atoms with Gasteiger partial charge >= 0.3 is 0 Å². The van der Waals surface area contributed by atoms with Gasteiger partial charge < -0.3 is 10.5 Å². The molecule has 1 aromatic carbocycles. The van der Waals surface area contributed by atoms with Crippen molar-refractivity contribution in [2.24, 2.45) is 5.73 Å². The van der Waals surface area contributed by atoms with Gasteiger partial charge in [-0.25, -0.2) is 0 Å². The maximum absolute atomic E-state index is 5.48. The van der Waals surface area contributed by atoms with E-state index in [0.717, 1.165) is 10.2 Å². The van der Waals surface area contributed by atoms with E-state index >= 15 is 0 Å². The van der Waals surface area contributed by atoms with Crippen LogP contribution in [0.3, 0.4) is 0 Å². The predicted octanol–water partition coefficient (Wildman–Crippen LogP) is 3.51. The van der Waals surface area contributed by atoms with Crippen molar-refractivity contribution < 1.29 is 4.74 Å². The highest BCUT2D eigenvalue weighted by Gasteiger charge is 2.14. The second-order valence-corrected chi connectivity index (χ2v) is 5.39. The molecule has 1 aromatic rings. The third-order valence-electron chi connectivity index (χ3n) is 2.17. The van der Waals surface area contributed by atoms with Crippen molar-refractivity contribution >= 4 is 28.3 Å². The molecular weight excluding hydrogens is 289 g/mol. The smallest absolute Gasteiger partial charge is 0.133 e. The molecule has 92 valence electrons. The first kappa shape index (κ1) is 15.8. The van der Waals surface area contributed by atoms with Crippen LogP contribution in [-0.4, -0.2) is 13.2 Å². The second-order valence-electron chi connectivity index (χ2n) is 4.53. The fourth-order valence-electron chi connectivity index (χ4n) is 1.25. The van der Waals surface area contributed by atoms with E-state index in [1.807, 2.05) is 6.07 Å². The molecule has 0 unspecified atom stereocenters. The SMILES string of the molecule is CC(C)(C)c1ccc(OCCN)c(Br)c1.Cl. The molecule has 0 spiro atoms. The van der Waals surface area contributed by atoms with E-state index < -0.39 is 0 Å². The maximum atomic E-state index is 5.48. The van der Waals surface area contributed by atoms with E-state index in [1.54, 1.807) is 0 Å². The van der Waals surface area contributed by atoms with Gasteiger partial charge in [0, 0.05) is 6.54 Å². The summed E-state index contributed by atoms with van der Waals surface area (Å²) in [6.45, 7) is 7.65. The van der Waals surface area contributed by atoms with Crippen LogP contribution in [0.1, 0.15) is 26.3 Å². The van der Waals surface area contributed by atoms with Crippen molar-refractivity contribution in [1.82, 2.24) is 0 Å². The second kappa shape index (κ2) is 6.48. The molecule has 2 N–H and O–H groups in total. The monoisotopic (exact) mass is 307 g/mol. The van der Waals surface area contributed by atoms with Crippen LogP contribution >= 0.6 is 28.3 Å². The van der Waals surface area contributed by atoms with Gasteiger partial charge in [-0.2, -0.15) is 0 Å². The minimum Gasteiger partial charge on any atom is -0.491 e. The first-order valence-electron chi connectivity index (χ1n) is 5.08. The molecule has 0 aliphatic rings. The van der Waals surface area contributed by atoms with Crippen molar-refractivity contribution in [3.63, 3.8) is 0 Å². The number of halogens is 2. The molecule has 0 saturated heterocycles. The third-order valence-corrected chi connectivity index (χ3v) is 2.79. The molecule has 16 heavy (non-hydrogen) atoms. The van der Waals surface area contributed by atoms with Crippen molar-refractivity contribution in [3.05, 3.63) is 28.2 Å². The minimum atomic E-state index is 0. The lowest BCUT2D eigenvalue weighted by Gasteiger charge is -2.20.